The fourth-order valence-corrected chi connectivity index (χ4v) is 1.41. The minimum absolute atomic E-state index is 0.459. The zero-order valence-electron chi connectivity index (χ0n) is 7.16. The quantitative estimate of drug-likeness (QED) is 0.502. The summed E-state index contributed by atoms with van der Waals surface area (Å²) in [6, 6.07) is 5.25. The average molecular weight is 243 g/mol. The molecule has 0 amide bonds. The lowest BCUT2D eigenvalue weighted by Gasteiger charge is -2.02. The number of nitroso groups, excluding NO2 is 1. The number of halogens is 1. The van der Waals surface area contributed by atoms with E-state index in [4.69, 9.17) is 5.73 Å². The van der Waals surface area contributed by atoms with Gasteiger partial charge >= 0.3 is 0 Å². The maximum Gasteiger partial charge on any atom is 0.113 e. The van der Waals surface area contributed by atoms with E-state index >= 15 is 0 Å². The number of benzene rings is 1. The third-order valence-corrected chi connectivity index (χ3v) is 2.35. The zero-order chi connectivity index (χ0) is 9.68. The molecule has 0 spiro atoms. The van der Waals surface area contributed by atoms with Crippen molar-refractivity contribution in [1.29, 1.82) is 0 Å². The normalized spacial score (nSPS) is 9.92. The highest BCUT2D eigenvalue weighted by molar-refractivity contribution is 9.09. The van der Waals surface area contributed by atoms with Gasteiger partial charge < -0.3 is 5.73 Å². The average Bonchev–Trinajstić information content (AvgIpc) is 2.16. The van der Waals surface area contributed by atoms with Gasteiger partial charge in [-0.05, 0) is 35.7 Å². The maximum atomic E-state index is 10.4. The van der Waals surface area contributed by atoms with Crippen LogP contribution >= 0.6 is 15.9 Å². The van der Waals surface area contributed by atoms with Crippen LogP contribution in [-0.2, 0) is 6.42 Å². The molecule has 0 aromatic heterocycles. The van der Waals surface area contributed by atoms with E-state index < -0.39 is 0 Å². The molecule has 0 fully saturated rings. The van der Waals surface area contributed by atoms with Crippen molar-refractivity contribution in [3.05, 3.63) is 28.7 Å². The van der Waals surface area contributed by atoms with Crippen LogP contribution < -0.4 is 5.73 Å². The van der Waals surface area contributed by atoms with Gasteiger partial charge in [0.1, 0.15) is 5.69 Å². The summed E-state index contributed by atoms with van der Waals surface area (Å²) in [5.41, 5.74) is 7.53. The lowest BCUT2D eigenvalue weighted by atomic mass is 10.1. The molecule has 2 N–H and O–H groups in total. The number of nitrogens with zero attached hydrogens (tertiary/aromatic N) is 1. The second-order valence-electron chi connectivity index (χ2n) is 2.77. The van der Waals surface area contributed by atoms with Crippen LogP contribution in [0.3, 0.4) is 0 Å². The third kappa shape index (κ3) is 2.81. The molecule has 0 bridgehead atoms. The highest BCUT2D eigenvalue weighted by Gasteiger charge is 2.02. The highest BCUT2D eigenvalue weighted by Crippen LogP contribution is 2.23. The Morgan fingerprint density at radius 1 is 1.46 bits per heavy atom. The van der Waals surface area contributed by atoms with E-state index in [2.05, 4.69) is 21.1 Å². The van der Waals surface area contributed by atoms with Gasteiger partial charge in [0.2, 0.25) is 0 Å². The number of alkyl halides is 1. The van der Waals surface area contributed by atoms with Gasteiger partial charge in [0.15, 0.2) is 0 Å². The van der Waals surface area contributed by atoms with Gasteiger partial charge in [-0.2, -0.15) is 0 Å². The van der Waals surface area contributed by atoms with Crippen LogP contribution in [0.4, 0.5) is 11.4 Å². The number of nitrogen functional groups attached to an aromatic ring is 1. The predicted octanol–water partition coefficient (Wildman–Crippen LogP) is 2.99. The Bertz CT molecular complexity index is 302. The van der Waals surface area contributed by atoms with Gasteiger partial charge in [0.25, 0.3) is 0 Å². The Labute approximate surface area is 85.4 Å². The molecular formula is C9H11BrN2O. The van der Waals surface area contributed by atoms with Crippen LogP contribution in [0.15, 0.2) is 23.4 Å². The second kappa shape index (κ2) is 4.97. The zero-order valence-corrected chi connectivity index (χ0v) is 8.75. The van der Waals surface area contributed by atoms with E-state index in [-0.39, 0.29) is 0 Å². The maximum absolute atomic E-state index is 10.4. The standard InChI is InChI=1S/C9H11BrN2O/c10-5-1-2-7-3-4-8(11)6-9(7)12-13/h3-4,6H,1-2,5,11H2. The largest absolute Gasteiger partial charge is 0.399 e. The molecule has 0 radical (unpaired) electrons. The van der Waals surface area contributed by atoms with E-state index in [1.807, 2.05) is 6.07 Å². The van der Waals surface area contributed by atoms with Crippen molar-refractivity contribution in [2.24, 2.45) is 5.18 Å². The molecule has 1 aromatic carbocycles. The SMILES string of the molecule is Nc1ccc(CCCBr)c(N=O)c1. The highest BCUT2D eigenvalue weighted by atomic mass is 79.9. The molecule has 0 saturated heterocycles. The lowest BCUT2D eigenvalue weighted by molar-refractivity contribution is 0.939. The minimum atomic E-state index is 0.459. The summed E-state index contributed by atoms with van der Waals surface area (Å²) >= 11 is 3.33. The number of nitrogens with two attached hydrogens (primary N) is 1. The summed E-state index contributed by atoms with van der Waals surface area (Å²) < 4.78 is 0. The van der Waals surface area contributed by atoms with E-state index in [0.29, 0.717) is 11.4 Å². The summed E-state index contributed by atoms with van der Waals surface area (Å²) in [6.45, 7) is 0. The van der Waals surface area contributed by atoms with Gasteiger partial charge in [-0.25, -0.2) is 0 Å². The minimum Gasteiger partial charge on any atom is -0.399 e. The van der Waals surface area contributed by atoms with E-state index in [9.17, 15) is 4.91 Å². The summed E-state index contributed by atoms with van der Waals surface area (Å²) in [5.74, 6) is 0. The fourth-order valence-electron chi connectivity index (χ4n) is 1.13. The first-order valence-electron chi connectivity index (χ1n) is 4.05. The molecule has 13 heavy (non-hydrogen) atoms. The van der Waals surface area contributed by atoms with Crippen molar-refractivity contribution in [2.45, 2.75) is 12.8 Å². The Balaban J connectivity index is 2.86. The summed E-state index contributed by atoms with van der Waals surface area (Å²) in [6.07, 6.45) is 1.85. The molecule has 0 heterocycles. The smallest absolute Gasteiger partial charge is 0.113 e. The number of hydrogen-bond acceptors (Lipinski definition) is 3. The van der Waals surface area contributed by atoms with E-state index in [1.54, 1.807) is 12.1 Å². The van der Waals surface area contributed by atoms with Gasteiger partial charge in [-0.3, -0.25) is 0 Å². The number of aryl methyl sites for hydroxylation is 1. The summed E-state index contributed by atoms with van der Waals surface area (Å²) in [5, 5.41) is 3.87. The van der Waals surface area contributed by atoms with Crippen LogP contribution in [0.2, 0.25) is 0 Å². The Morgan fingerprint density at radius 2 is 2.23 bits per heavy atom. The first-order chi connectivity index (χ1) is 6.27. The Morgan fingerprint density at radius 3 is 2.85 bits per heavy atom. The third-order valence-electron chi connectivity index (χ3n) is 1.79. The first kappa shape index (κ1) is 10.2. The number of rotatable bonds is 4. The van der Waals surface area contributed by atoms with Gasteiger partial charge in [-0.1, -0.05) is 22.0 Å². The van der Waals surface area contributed by atoms with Crippen LogP contribution in [0, 0.1) is 4.91 Å². The van der Waals surface area contributed by atoms with Crippen LogP contribution in [0.5, 0.6) is 0 Å². The van der Waals surface area contributed by atoms with Gasteiger partial charge in [-0.15, -0.1) is 4.91 Å². The predicted molar refractivity (Wildman–Crippen MR) is 58.4 cm³/mol. The summed E-state index contributed by atoms with van der Waals surface area (Å²) in [7, 11) is 0. The first-order valence-corrected chi connectivity index (χ1v) is 5.18. The molecule has 4 heteroatoms. The van der Waals surface area contributed by atoms with Crippen LogP contribution in [0.1, 0.15) is 12.0 Å². The van der Waals surface area contributed by atoms with Crippen molar-refractivity contribution in [2.75, 3.05) is 11.1 Å². The molecule has 70 valence electrons. The Kier molecular flexibility index (Phi) is 3.89. The fraction of sp³-hybridized carbons (Fsp3) is 0.333. The summed E-state index contributed by atoms with van der Waals surface area (Å²) in [4.78, 5) is 10.4. The second-order valence-corrected chi connectivity index (χ2v) is 3.56. The van der Waals surface area contributed by atoms with Gasteiger partial charge in [0, 0.05) is 11.0 Å². The molecular weight excluding hydrogens is 232 g/mol. The van der Waals surface area contributed by atoms with Crippen molar-refractivity contribution in [3.8, 4) is 0 Å². The topological polar surface area (TPSA) is 55.4 Å². The molecule has 0 aliphatic carbocycles. The van der Waals surface area contributed by atoms with Crippen LogP contribution in [0.25, 0.3) is 0 Å². The number of hydrogen-bond donors (Lipinski definition) is 1. The molecule has 1 aromatic rings. The molecule has 1 rings (SSSR count). The van der Waals surface area contributed by atoms with Crippen molar-refractivity contribution < 1.29 is 0 Å². The van der Waals surface area contributed by atoms with Crippen molar-refractivity contribution >= 4 is 27.3 Å². The molecule has 0 atom stereocenters. The molecule has 3 nitrogen and oxygen atoms in total. The van der Waals surface area contributed by atoms with Crippen molar-refractivity contribution in [3.63, 3.8) is 0 Å². The molecule has 0 aliphatic heterocycles. The molecule has 0 saturated carbocycles. The Hall–Kier alpha value is -0.900. The monoisotopic (exact) mass is 242 g/mol. The number of anilines is 1. The van der Waals surface area contributed by atoms with Crippen LogP contribution in [-0.4, -0.2) is 5.33 Å². The van der Waals surface area contributed by atoms with E-state index in [0.717, 1.165) is 23.7 Å². The van der Waals surface area contributed by atoms with E-state index in [1.165, 1.54) is 0 Å². The van der Waals surface area contributed by atoms with Crippen molar-refractivity contribution in [1.82, 2.24) is 0 Å². The molecule has 0 aliphatic rings. The van der Waals surface area contributed by atoms with Gasteiger partial charge in [0.05, 0.1) is 0 Å². The molecule has 0 unspecified atom stereocenters. The lowest BCUT2D eigenvalue weighted by Crippen LogP contribution is -1.89.